The first kappa shape index (κ1) is 26.6. The van der Waals surface area contributed by atoms with Gasteiger partial charge in [-0.2, -0.15) is 0 Å². The summed E-state index contributed by atoms with van der Waals surface area (Å²) >= 11 is 5.42. The van der Waals surface area contributed by atoms with Gasteiger partial charge >= 0.3 is 11.9 Å². The number of rotatable bonds is 8. The molecule has 0 radical (unpaired) electrons. The Kier molecular flexibility index (Phi) is 10.3. The van der Waals surface area contributed by atoms with Crippen molar-refractivity contribution < 1.29 is 23.8 Å². The Hall–Kier alpha value is -3.64. The molecule has 0 aliphatic rings. The highest BCUT2D eigenvalue weighted by Gasteiger charge is 2.15. The van der Waals surface area contributed by atoms with Crippen molar-refractivity contribution in [1.29, 1.82) is 0 Å². The summed E-state index contributed by atoms with van der Waals surface area (Å²) in [5, 5.41) is 9.09. The van der Waals surface area contributed by atoms with Crippen LogP contribution in [0.3, 0.4) is 0 Å². The molecule has 1 aromatic heterocycles. The lowest BCUT2D eigenvalue weighted by Gasteiger charge is -2.15. The molecule has 0 unspecified atom stereocenters. The lowest BCUT2D eigenvalue weighted by Crippen LogP contribution is -2.39. The summed E-state index contributed by atoms with van der Waals surface area (Å²) in [4.78, 5) is 37.2. The van der Waals surface area contributed by atoms with Crippen molar-refractivity contribution in [2.75, 3.05) is 45.1 Å². The molecule has 34 heavy (non-hydrogen) atoms. The van der Waals surface area contributed by atoms with Crippen LogP contribution in [0.1, 0.15) is 38.5 Å². The fourth-order valence-corrected chi connectivity index (χ4v) is 3.05. The normalized spacial score (nSPS) is 10.9. The molecule has 2 aromatic rings. The fourth-order valence-electron chi connectivity index (χ4n) is 2.84. The molecule has 182 valence electrons. The molecule has 3 N–H and O–H groups in total. The number of aliphatic imine (C=N–C) groups is 1. The number of esters is 2. The smallest absolute Gasteiger partial charge is 0.337 e. The molecule has 0 spiro atoms. The van der Waals surface area contributed by atoms with Crippen molar-refractivity contribution in [3.63, 3.8) is 0 Å². The zero-order valence-electron chi connectivity index (χ0n) is 19.7. The van der Waals surface area contributed by atoms with Gasteiger partial charge in [-0.05, 0) is 56.8 Å². The van der Waals surface area contributed by atoms with Crippen LogP contribution in [0.2, 0.25) is 0 Å². The lowest BCUT2D eigenvalue weighted by atomic mass is 10.1. The van der Waals surface area contributed by atoms with E-state index in [9.17, 15) is 9.59 Å². The van der Waals surface area contributed by atoms with Gasteiger partial charge in [0.15, 0.2) is 5.11 Å². The van der Waals surface area contributed by atoms with Crippen LogP contribution in [-0.2, 0) is 14.2 Å². The number of benzene rings is 1. The highest BCUT2D eigenvalue weighted by Crippen LogP contribution is 2.17. The number of thiocarbonyl (C=S) groups is 1. The van der Waals surface area contributed by atoms with E-state index in [1.807, 2.05) is 19.9 Å². The molecule has 0 fully saturated rings. The maximum absolute atomic E-state index is 12.0. The van der Waals surface area contributed by atoms with Gasteiger partial charge in [0.25, 0.3) is 0 Å². The first-order valence-electron chi connectivity index (χ1n) is 10.3. The Labute approximate surface area is 203 Å². The summed E-state index contributed by atoms with van der Waals surface area (Å²) in [7, 11) is 4.12. The van der Waals surface area contributed by atoms with Gasteiger partial charge < -0.3 is 24.8 Å². The Bertz CT molecular complexity index is 1020. The number of methoxy groups -OCH3 is 3. The number of hydrogen-bond donors (Lipinski definition) is 3. The number of carbonyl (C=O) groups is 2. The van der Waals surface area contributed by atoms with Crippen molar-refractivity contribution in [2.45, 2.75) is 20.3 Å². The van der Waals surface area contributed by atoms with E-state index in [1.54, 1.807) is 7.11 Å². The van der Waals surface area contributed by atoms with Crippen LogP contribution >= 0.6 is 12.2 Å². The molecule has 0 bridgehead atoms. The standard InChI is InChI=1S/C22H28N6O5S/c1-13-9-14(2)25-21(24-13)27-20(23-7-6-8-31-3)28-22(34)26-17-11-15(18(29)32-4)10-16(12-17)19(30)33-5/h9-12H,6-8H2,1-5H3,(H3,23,24,25,26,27,28,34). The molecular formula is C22H28N6O5S. The predicted molar refractivity (Wildman–Crippen MR) is 132 cm³/mol. The van der Waals surface area contributed by atoms with Gasteiger partial charge in [0.2, 0.25) is 11.9 Å². The molecule has 0 atom stereocenters. The Morgan fingerprint density at radius 1 is 0.941 bits per heavy atom. The highest BCUT2D eigenvalue weighted by atomic mass is 32.1. The number of aryl methyl sites for hydroxylation is 2. The minimum Gasteiger partial charge on any atom is -0.465 e. The van der Waals surface area contributed by atoms with Crippen molar-refractivity contribution in [3.05, 3.63) is 46.8 Å². The second-order valence-electron chi connectivity index (χ2n) is 7.04. The van der Waals surface area contributed by atoms with Crippen LogP contribution in [0, 0.1) is 13.8 Å². The molecule has 0 amide bonds. The largest absolute Gasteiger partial charge is 0.465 e. The van der Waals surface area contributed by atoms with Crippen LogP contribution in [0.25, 0.3) is 0 Å². The minimum absolute atomic E-state index is 0.153. The Morgan fingerprint density at radius 3 is 2.06 bits per heavy atom. The average Bonchev–Trinajstić information content (AvgIpc) is 2.79. The summed E-state index contributed by atoms with van der Waals surface area (Å²) in [5.41, 5.74) is 2.29. The molecule has 11 nitrogen and oxygen atoms in total. The van der Waals surface area contributed by atoms with Crippen molar-refractivity contribution >= 4 is 46.9 Å². The molecule has 0 saturated heterocycles. The van der Waals surface area contributed by atoms with Crippen LogP contribution < -0.4 is 16.0 Å². The predicted octanol–water partition coefficient (Wildman–Crippen LogP) is 2.46. The topological polar surface area (TPSA) is 136 Å². The number of aromatic nitrogens is 2. The summed E-state index contributed by atoms with van der Waals surface area (Å²) < 4.78 is 14.6. The minimum atomic E-state index is -0.610. The molecule has 0 aliphatic carbocycles. The van der Waals surface area contributed by atoms with E-state index in [1.165, 1.54) is 32.4 Å². The number of nitrogens with zero attached hydrogens (tertiary/aromatic N) is 3. The molecule has 1 aromatic carbocycles. The van der Waals surface area contributed by atoms with Crippen LogP contribution in [-0.4, -0.2) is 67.5 Å². The number of nitrogens with one attached hydrogen (secondary N) is 3. The van der Waals surface area contributed by atoms with E-state index in [4.69, 9.17) is 26.4 Å². The molecular weight excluding hydrogens is 460 g/mol. The van der Waals surface area contributed by atoms with Crippen LogP contribution in [0.5, 0.6) is 0 Å². The SMILES string of the molecule is COCCCN=C(NC(=S)Nc1cc(C(=O)OC)cc(C(=O)OC)c1)Nc1nc(C)cc(C)n1. The molecule has 12 heteroatoms. The van der Waals surface area contributed by atoms with Crippen molar-refractivity contribution in [2.24, 2.45) is 4.99 Å². The van der Waals surface area contributed by atoms with Crippen LogP contribution in [0.4, 0.5) is 11.6 Å². The number of guanidine groups is 1. The quantitative estimate of drug-likeness (QED) is 0.166. The van der Waals surface area contributed by atoms with Crippen molar-refractivity contribution in [3.8, 4) is 0 Å². The van der Waals surface area contributed by atoms with E-state index in [-0.39, 0.29) is 16.2 Å². The highest BCUT2D eigenvalue weighted by molar-refractivity contribution is 7.80. The van der Waals surface area contributed by atoms with E-state index < -0.39 is 11.9 Å². The zero-order valence-corrected chi connectivity index (χ0v) is 20.5. The van der Waals surface area contributed by atoms with Gasteiger partial charge in [-0.1, -0.05) is 0 Å². The summed E-state index contributed by atoms with van der Waals surface area (Å²) in [5.74, 6) is -0.543. The third-order valence-corrected chi connectivity index (χ3v) is 4.46. The summed E-state index contributed by atoms with van der Waals surface area (Å²) in [6.07, 6.45) is 0.695. The Balaban J connectivity index is 2.23. The Morgan fingerprint density at radius 2 is 1.53 bits per heavy atom. The second kappa shape index (κ2) is 13.2. The van der Waals surface area contributed by atoms with Gasteiger partial charge in [0.05, 0.1) is 25.3 Å². The van der Waals surface area contributed by atoms with Crippen LogP contribution in [0.15, 0.2) is 29.3 Å². The fraction of sp³-hybridized carbons (Fsp3) is 0.364. The van der Waals surface area contributed by atoms with Gasteiger partial charge in [-0.3, -0.25) is 10.3 Å². The van der Waals surface area contributed by atoms with E-state index in [0.717, 1.165) is 11.4 Å². The lowest BCUT2D eigenvalue weighted by molar-refractivity contribution is 0.0599. The molecule has 0 saturated carbocycles. The molecule has 0 aliphatic heterocycles. The number of ether oxygens (including phenoxy) is 3. The third-order valence-electron chi connectivity index (χ3n) is 4.25. The summed E-state index contributed by atoms with van der Waals surface area (Å²) in [6.45, 7) is 4.74. The average molecular weight is 489 g/mol. The maximum atomic E-state index is 12.0. The summed E-state index contributed by atoms with van der Waals surface area (Å²) in [6, 6.07) is 6.23. The third kappa shape index (κ3) is 8.37. The van der Waals surface area contributed by atoms with Gasteiger partial charge in [0.1, 0.15) is 0 Å². The van der Waals surface area contributed by atoms with E-state index in [0.29, 0.717) is 37.2 Å². The van der Waals surface area contributed by atoms with E-state index >= 15 is 0 Å². The van der Waals surface area contributed by atoms with Gasteiger partial charge in [-0.15, -0.1) is 0 Å². The van der Waals surface area contributed by atoms with Gasteiger partial charge in [-0.25, -0.2) is 19.6 Å². The first-order valence-corrected chi connectivity index (χ1v) is 10.7. The van der Waals surface area contributed by atoms with Crippen molar-refractivity contribution in [1.82, 2.24) is 15.3 Å². The zero-order chi connectivity index (χ0) is 25.1. The second-order valence-corrected chi connectivity index (χ2v) is 7.45. The first-order chi connectivity index (χ1) is 16.2. The molecule has 1 heterocycles. The maximum Gasteiger partial charge on any atom is 0.337 e. The number of hydrogen-bond acceptors (Lipinski definition) is 9. The van der Waals surface area contributed by atoms with Gasteiger partial charge in [0, 0.05) is 37.3 Å². The van der Waals surface area contributed by atoms with E-state index in [2.05, 4.69) is 30.9 Å². The molecule has 2 rings (SSSR count). The number of anilines is 2. The number of carbonyl (C=O) groups excluding carboxylic acids is 2. The monoisotopic (exact) mass is 488 g/mol.